The van der Waals surface area contributed by atoms with Crippen molar-refractivity contribution in [3.05, 3.63) is 119 Å². The highest BCUT2D eigenvalue weighted by Gasteiger charge is 2.24. The van der Waals surface area contributed by atoms with E-state index >= 15 is 0 Å². The first-order valence-electron chi connectivity index (χ1n) is 11.7. The fourth-order valence-corrected chi connectivity index (χ4v) is 4.01. The number of aliphatic imine (C=N–C) groups is 2. The largest absolute Gasteiger partial charge is 0.507 e. The van der Waals surface area contributed by atoms with Gasteiger partial charge in [0, 0.05) is 12.4 Å². The fourth-order valence-electron chi connectivity index (χ4n) is 4.01. The molecule has 2 unspecified atom stereocenters. The molecule has 0 aliphatic heterocycles. The van der Waals surface area contributed by atoms with Gasteiger partial charge in [-0.3, -0.25) is 9.98 Å². The Labute approximate surface area is 219 Å². The van der Waals surface area contributed by atoms with Crippen LogP contribution in [0, 0.1) is 11.6 Å². The van der Waals surface area contributed by atoms with Gasteiger partial charge in [0.1, 0.15) is 46.7 Å². The predicted molar refractivity (Wildman–Crippen MR) is 143 cm³/mol. The van der Waals surface area contributed by atoms with Gasteiger partial charge in [0.25, 0.3) is 0 Å². The van der Waals surface area contributed by atoms with Gasteiger partial charge in [0.05, 0.1) is 25.3 Å². The predicted octanol–water partition coefficient (Wildman–Crippen LogP) is 6.41. The summed E-state index contributed by atoms with van der Waals surface area (Å²) in [5, 5.41) is 20.9. The molecule has 4 rings (SSSR count). The molecule has 2 atom stereocenters. The number of hydrogen-bond donors (Lipinski definition) is 2. The van der Waals surface area contributed by atoms with Crippen LogP contribution in [0.4, 0.5) is 8.78 Å². The summed E-state index contributed by atoms with van der Waals surface area (Å²) in [6, 6.07) is 19.8. The Bertz CT molecular complexity index is 1330. The highest BCUT2D eigenvalue weighted by Crippen LogP contribution is 2.37. The van der Waals surface area contributed by atoms with Crippen molar-refractivity contribution in [2.45, 2.75) is 12.1 Å². The van der Waals surface area contributed by atoms with Gasteiger partial charge >= 0.3 is 0 Å². The van der Waals surface area contributed by atoms with E-state index in [0.717, 1.165) is 0 Å². The number of nitrogens with zero attached hydrogens (tertiary/aromatic N) is 2. The zero-order valence-electron chi connectivity index (χ0n) is 20.8. The van der Waals surface area contributed by atoms with Crippen LogP contribution < -0.4 is 9.47 Å². The number of phenols is 2. The molecule has 0 aliphatic rings. The minimum atomic E-state index is -0.738. The molecule has 0 aliphatic carbocycles. The summed E-state index contributed by atoms with van der Waals surface area (Å²) in [6.07, 6.45) is 2.93. The van der Waals surface area contributed by atoms with Crippen LogP contribution in [0.3, 0.4) is 0 Å². The first-order valence-corrected chi connectivity index (χ1v) is 11.7. The van der Waals surface area contributed by atoms with E-state index in [-0.39, 0.29) is 11.5 Å². The molecule has 0 radical (unpaired) electrons. The molecular formula is C30H26F2N2O4. The third-order valence-corrected chi connectivity index (χ3v) is 5.98. The van der Waals surface area contributed by atoms with Crippen LogP contribution in [0.15, 0.2) is 94.9 Å². The molecule has 194 valence electrons. The van der Waals surface area contributed by atoms with E-state index in [4.69, 9.17) is 19.5 Å². The zero-order chi connectivity index (χ0) is 27.1. The Morgan fingerprint density at radius 1 is 0.605 bits per heavy atom. The van der Waals surface area contributed by atoms with Gasteiger partial charge in [-0.2, -0.15) is 0 Å². The van der Waals surface area contributed by atoms with Crippen molar-refractivity contribution < 1.29 is 28.5 Å². The number of hydrogen-bond acceptors (Lipinski definition) is 6. The van der Waals surface area contributed by atoms with Gasteiger partial charge in [0.15, 0.2) is 0 Å². The maximum absolute atomic E-state index is 13.8. The lowest BCUT2D eigenvalue weighted by molar-refractivity contribution is 0.406. The molecule has 0 aromatic heterocycles. The normalized spacial score (nSPS) is 13.1. The summed E-state index contributed by atoms with van der Waals surface area (Å²) < 4.78 is 38.4. The van der Waals surface area contributed by atoms with Crippen LogP contribution in [-0.2, 0) is 0 Å². The van der Waals surface area contributed by atoms with Gasteiger partial charge in [-0.05, 0) is 59.7 Å². The molecule has 8 heteroatoms. The second kappa shape index (κ2) is 12.0. The molecule has 0 spiro atoms. The van der Waals surface area contributed by atoms with Gasteiger partial charge in [-0.25, -0.2) is 8.78 Å². The molecule has 38 heavy (non-hydrogen) atoms. The van der Waals surface area contributed by atoms with Crippen molar-refractivity contribution in [1.82, 2.24) is 0 Å². The quantitative estimate of drug-likeness (QED) is 0.252. The van der Waals surface area contributed by atoms with Crippen LogP contribution in [0.5, 0.6) is 23.0 Å². The molecule has 0 heterocycles. The first kappa shape index (κ1) is 26.3. The second-order valence-electron chi connectivity index (χ2n) is 8.34. The monoisotopic (exact) mass is 516 g/mol. The van der Waals surface area contributed by atoms with E-state index in [2.05, 4.69) is 0 Å². The van der Waals surface area contributed by atoms with E-state index in [1.54, 1.807) is 48.5 Å². The number of methoxy groups -OCH3 is 2. The lowest BCUT2D eigenvalue weighted by atomic mass is 9.94. The minimum Gasteiger partial charge on any atom is -0.507 e. The van der Waals surface area contributed by atoms with Crippen molar-refractivity contribution in [3.8, 4) is 23.0 Å². The first-order chi connectivity index (χ1) is 18.4. The molecule has 0 fully saturated rings. The molecule has 4 aromatic rings. The van der Waals surface area contributed by atoms with E-state index in [9.17, 15) is 19.0 Å². The fraction of sp³-hybridized carbons (Fsp3) is 0.133. The number of ether oxygens (including phenoxy) is 2. The molecule has 4 aromatic carbocycles. The molecule has 0 saturated carbocycles. The SMILES string of the molecule is COc1cccc(O)c1C=NC(c1ccc(F)cc1)C(N=Cc1c(O)cccc1OC)c1ccc(F)cc1. The van der Waals surface area contributed by atoms with Crippen LogP contribution in [0.25, 0.3) is 0 Å². The summed E-state index contributed by atoms with van der Waals surface area (Å²) in [5.74, 6) is -0.0857. The number of rotatable bonds is 9. The Morgan fingerprint density at radius 3 is 1.32 bits per heavy atom. The third kappa shape index (κ3) is 5.98. The van der Waals surface area contributed by atoms with Crippen LogP contribution in [0.1, 0.15) is 34.3 Å². The Balaban J connectivity index is 1.88. The van der Waals surface area contributed by atoms with E-state index in [1.807, 2.05) is 0 Å². The topological polar surface area (TPSA) is 83.6 Å². The summed E-state index contributed by atoms with van der Waals surface area (Å²) in [5.41, 5.74) is 1.94. The lowest BCUT2D eigenvalue weighted by Gasteiger charge is -2.22. The lowest BCUT2D eigenvalue weighted by Crippen LogP contribution is -2.10. The van der Waals surface area contributed by atoms with Gasteiger partial charge in [-0.1, -0.05) is 36.4 Å². The highest BCUT2D eigenvalue weighted by atomic mass is 19.1. The summed E-state index contributed by atoms with van der Waals surface area (Å²) in [6.45, 7) is 0. The van der Waals surface area contributed by atoms with Gasteiger partial charge in [0.2, 0.25) is 0 Å². The van der Waals surface area contributed by atoms with E-state index < -0.39 is 23.7 Å². The highest BCUT2D eigenvalue weighted by molar-refractivity contribution is 5.88. The maximum atomic E-state index is 13.8. The number of benzene rings is 4. The Morgan fingerprint density at radius 2 is 0.974 bits per heavy atom. The number of aromatic hydroxyl groups is 2. The van der Waals surface area contributed by atoms with Crippen molar-refractivity contribution in [2.24, 2.45) is 9.98 Å². The standard InChI is InChI=1S/C30H26F2N2O4/c1-37-27-7-3-5-25(35)23(27)17-33-29(19-9-13-21(31)14-10-19)30(20-11-15-22(32)16-12-20)34-18-24-26(36)6-4-8-28(24)38-2/h3-18,29-30,35-36H,1-2H3. The molecule has 2 N–H and O–H groups in total. The number of halogens is 2. The van der Waals surface area contributed by atoms with Crippen molar-refractivity contribution in [2.75, 3.05) is 14.2 Å². The van der Waals surface area contributed by atoms with Crippen LogP contribution in [0.2, 0.25) is 0 Å². The van der Waals surface area contributed by atoms with E-state index in [1.165, 1.54) is 63.0 Å². The average Bonchev–Trinajstić information content (AvgIpc) is 2.93. The number of phenolic OH excluding ortho intramolecular Hbond substituents is 2. The smallest absolute Gasteiger partial charge is 0.131 e. The minimum absolute atomic E-state index is 0.0354. The zero-order valence-corrected chi connectivity index (χ0v) is 20.8. The molecule has 0 bridgehead atoms. The molecule has 6 nitrogen and oxygen atoms in total. The second-order valence-corrected chi connectivity index (χ2v) is 8.34. The summed E-state index contributed by atoms with van der Waals surface area (Å²) in [7, 11) is 2.96. The molecule has 0 saturated heterocycles. The summed E-state index contributed by atoms with van der Waals surface area (Å²) in [4.78, 5) is 9.50. The van der Waals surface area contributed by atoms with E-state index in [0.29, 0.717) is 33.8 Å². The van der Waals surface area contributed by atoms with Gasteiger partial charge in [-0.15, -0.1) is 0 Å². The molecule has 0 amide bonds. The summed E-state index contributed by atoms with van der Waals surface area (Å²) >= 11 is 0. The molecular weight excluding hydrogens is 490 g/mol. The van der Waals surface area contributed by atoms with Crippen molar-refractivity contribution in [3.63, 3.8) is 0 Å². The Hall–Kier alpha value is -4.72. The van der Waals surface area contributed by atoms with Crippen molar-refractivity contribution in [1.29, 1.82) is 0 Å². The van der Waals surface area contributed by atoms with Crippen LogP contribution in [-0.4, -0.2) is 36.9 Å². The average molecular weight is 517 g/mol. The Kier molecular flexibility index (Phi) is 8.33. The van der Waals surface area contributed by atoms with Crippen LogP contribution >= 0.6 is 0 Å². The van der Waals surface area contributed by atoms with Gasteiger partial charge < -0.3 is 19.7 Å². The third-order valence-electron chi connectivity index (χ3n) is 5.98. The van der Waals surface area contributed by atoms with Crippen molar-refractivity contribution >= 4 is 12.4 Å². The maximum Gasteiger partial charge on any atom is 0.131 e.